The molecule has 26 heavy (non-hydrogen) atoms. The molecule has 138 valence electrons. The van der Waals surface area contributed by atoms with Gasteiger partial charge in [0.2, 0.25) is 5.91 Å². The van der Waals surface area contributed by atoms with Gasteiger partial charge in [-0.3, -0.25) is 4.79 Å². The van der Waals surface area contributed by atoms with Gasteiger partial charge in [0.05, 0.1) is 15.1 Å². The predicted octanol–water partition coefficient (Wildman–Crippen LogP) is 3.83. The molecule has 2 bridgehead atoms. The van der Waals surface area contributed by atoms with E-state index in [1.807, 2.05) is 24.3 Å². The Balaban J connectivity index is 1.17. The number of nitrogens with zero attached hydrogens (tertiary/aromatic N) is 1. The molecule has 1 amide bonds. The van der Waals surface area contributed by atoms with E-state index in [2.05, 4.69) is 38.8 Å². The van der Waals surface area contributed by atoms with E-state index in [0.29, 0.717) is 10.6 Å². The molecule has 2 atom stereocenters. The van der Waals surface area contributed by atoms with Crippen molar-refractivity contribution in [2.24, 2.45) is 17.8 Å². The van der Waals surface area contributed by atoms with E-state index in [1.165, 1.54) is 24.3 Å². The molecule has 1 aromatic heterocycles. The summed E-state index contributed by atoms with van der Waals surface area (Å²) in [5, 5.41) is 3.18. The van der Waals surface area contributed by atoms with Crippen LogP contribution < -0.4 is 5.32 Å². The predicted molar refractivity (Wildman–Crippen MR) is 109 cm³/mol. The fourth-order valence-electron chi connectivity index (χ4n) is 5.19. The van der Waals surface area contributed by atoms with Gasteiger partial charge in [-0.25, -0.2) is 4.98 Å². The average Bonchev–Trinajstić information content (AvgIpc) is 3.32. The summed E-state index contributed by atoms with van der Waals surface area (Å²) in [6.45, 7) is 0.666. The maximum absolute atomic E-state index is 12.7. The van der Waals surface area contributed by atoms with Crippen LogP contribution in [0.3, 0.4) is 0 Å². The normalized spacial score (nSPS) is 29.5. The van der Waals surface area contributed by atoms with Crippen molar-refractivity contribution in [3.63, 3.8) is 0 Å². The third-order valence-electron chi connectivity index (χ3n) is 6.35. The Kier molecular flexibility index (Phi) is 4.44. The van der Waals surface area contributed by atoms with Crippen LogP contribution in [0.1, 0.15) is 31.5 Å². The van der Waals surface area contributed by atoms with Crippen LogP contribution in [-0.2, 0) is 11.2 Å². The van der Waals surface area contributed by atoms with Crippen LogP contribution in [0.5, 0.6) is 0 Å². The number of hydrogen-bond donors (Lipinski definition) is 2. The van der Waals surface area contributed by atoms with Gasteiger partial charge >= 0.3 is 0 Å². The average molecular weight is 388 g/mol. The fourth-order valence-corrected chi connectivity index (χ4v) is 9.12. The van der Waals surface area contributed by atoms with E-state index in [1.54, 1.807) is 0 Å². The third-order valence-corrected chi connectivity index (χ3v) is 10.4. The first-order valence-corrected chi connectivity index (χ1v) is 11.7. The Morgan fingerprint density at radius 3 is 2.65 bits per heavy atom. The topological polar surface area (TPSA) is 57.8 Å². The largest absolute Gasteiger partial charge is 0.355 e. The molecule has 6 heteroatoms. The van der Waals surface area contributed by atoms with E-state index in [4.69, 9.17) is 0 Å². The number of carbonyl (C=O) groups is 1. The zero-order valence-electron chi connectivity index (χ0n) is 14.9. The first-order valence-electron chi connectivity index (χ1n) is 9.74. The van der Waals surface area contributed by atoms with Crippen molar-refractivity contribution in [2.45, 2.75) is 36.2 Å². The highest BCUT2D eigenvalue weighted by atomic mass is 32.2. The molecule has 3 fully saturated rings. The van der Waals surface area contributed by atoms with Crippen molar-refractivity contribution >= 4 is 40.5 Å². The Labute approximate surface area is 162 Å². The summed E-state index contributed by atoms with van der Waals surface area (Å²) in [6.07, 6.45) is 5.59. The highest BCUT2D eigenvalue weighted by molar-refractivity contribution is 8.21. The van der Waals surface area contributed by atoms with E-state index >= 15 is 0 Å². The number of fused-ring (bicyclic) bond motifs is 1. The minimum Gasteiger partial charge on any atom is -0.355 e. The Morgan fingerprint density at radius 1 is 1.19 bits per heavy atom. The van der Waals surface area contributed by atoms with Gasteiger partial charge in [0.1, 0.15) is 5.82 Å². The van der Waals surface area contributed by atoms with Crippen LogP contribution in [0.25, 0.3) is 11.0 Å². The number of H-pyrrole nitrogens is 1. The minimum absolute atomic E-state index is 0.218. The molecule has 1 saturated heterocycles. The SMILES string of the molecule is O=C(NCCc1nc2ccccc2[nH]1)C1CC2CCC(C1)C21SCCS1. The first kappa shape index (κ1) is 17.0. The quantitative estimate of drug-likeness (QED) is 0.837. The van der Waals surface area contributed by atoms with Crippen molar-refractivity contribution in [3.05, 3.63) is 30.1 Å². The molecule has 2 aromatic rings. The van der Waals surface area contributed by atoms with Crippen molar-refractivity contribution in [2.75, 3.05) is 18.1 Å². The molecule has 0 radical (unpaired) electrons. The molecular weight excluding hydrogens is 362 g/mol. The summed E-state index contributed by atoms with van der Waals surface area (Å²) in [4.78, 5) is 20.7. The van der Waals surface area contributed by atoms with Crippen molar-refractivity contribution in [1.29, 1.82) is 0 Å². The Morgan fingerprint density at radius 2 is 1.92 bits per heavy atom. The van der Waals surface area contributed by atoms with Crippen LogP contribution in [0.2, 0.25) is 0 Å². The summed E-state index contributed by atoms with van der Waals surface area (Å²) < 4.78 is 0.463. The Hall–Kier alpha value is -1.14. The Bertz CT molecular complexity index is 765. The molecule has 1 aliphatic heterocycles. The molecule has 3 aliphatic rings. The van der Waals surface area contributed by atoms with Gasteiger partial charge in [0, 0.05) is 30.4 Å². The van der Waals surface area contributed by atoms with Crippen molar-refractivity contribution in [3.8, 4) is 0 Å². The zero-order valence-corrected chi connectivity index (χ0v) is 16.5. The van der Waals surface area contributed by atoms with Gasteiger partial charge in [0.25, 0.3) is 0 Å². The molecular formula is C20H25N3OS2. The van der Waals surface area contributed by atoms with E-state index < -0.39 is 0 Å². The number of rotatable bonds is 4. The highest BCUT2D eigenvalue weighted by Gasteiger charge is 2.57. The number of aromatic nitrogens is 2. The van der Waals surface area contributed by atoms with Gasteiger partial charge in [-0.2, -0.15) is 0 Å². The molecule has 2 N–H and O–H groups in total. The number of hydrogen-bond acceptors (Lipinski definition) is 4. The molecule has 2 saturated carbocycles. The molecule has 1 spiro atoms. The van der Waals surface area contributed by atoms with Gasteiger partial charge in [-0.1, -0.05) is 12.1 Å². The fraction of sp³-hybridized carbons (Fsp3) is 0.600. The van der Waals surface area contributed by atoms with Crippen LogP contribution in [0.15, 0.2) is 24.3 Å². The number of amides is 1. The summed E-state index contributed by atoms with van der Waals surface area (Å²) in [7, 11) is 0. The van der Waals surface area contributed by atoms with E-state index in [-0.39, 0.29) is 11.8 Å². The summed E-state index contributed by atoms with van der Waals surface area (Å²) in [5.41, 5.74) is 2.06. The molecule has 2 aliphatic carbocycles. The third kappa shape index (κ3) is 2.85. The van der Waals surface area contributed by atoms with Crippen molar-refractivity contribution < 1.29 is 4.79 Å². The smallest absolute Gasteiger partial charge is 0.223 e. The lowest BCUT2D eigenvalue weighted by Crippen LogP contribution is -2.43. The number of para-hydroxylation sites is 2. The van der Waals surface area contributed by atoms with E-state index in [9.17, 15) is 4.79 Å². The van der Waals surface area contributed by atoms with Gasteiger partial charge in [-0.05, 0) is 49.7 Å². The second-order valence-electron chi connectivity index (χ2n) is 7.80. The minimum atomic E-state index is 0.218. The second kappa shape index (κ2) is 6.79. The standard InChI is InChI=1S/C20H25N3OS2/c24-19(21-8-7-18-22-16-3-1-2-4-17(16)23-18)13-11-14-5-6-15(12-13)20(14)25-9-10-26-20/h1-4,13-15H,5-12H2,(H,21,24)(H,22,23). The maximum atomic E-state index is 12.7. The second-order valence-corrected chi connectivity index (χ2v) is 10.8. The zero-order chi connectivity index (χ0) is 17.6. The number of imidazole rings is 1. The molecule has 2 unspecified atom stereocenters. The number of benzene rings is 1. The molecule has 5 rings (SSSR count). The lowest BCUT2D eigenvalue weighted by atomic mass is 9.79. The maximum Gasteiger partial charge on any atom is 0.223 e. The van der Waals surface area contributed by atoms with Gasteiger partial charge < -0.3 is 10.3 Å². The molecule has 1 aromatic carbocycles. The molecule has 4 nitrogen and oxygen atoms in total. The highest BCUT2D eigenvalue weighted by Crippen LogP contribution is 2.65. The lowest BCUT2D eigenvalue weighted by Gasteiger charge is -2.42. The summed E-state index contributed by atoms with van der Waals surface area (Å²) in [5.74, 6) is 5.51. The van der Waals surface area contributed by atoms with Crippen LogP contribution in [0.4, 0.5) is 0 Å². The van der Waals surface area contributed by atoms with Crippen LogP contribution in [-0.4, -0.2) is 38.0 Å². The summed E-state index contributed by atoms with van der Waals surface area (Å²) in [6, 6.07) is 8.06. The monoisotopic (exact) mass is 387 g/mol. The van der Waals surface area contributed by atoms with Gasteiger partial charge in [-0.15, -0.1) is 23.5 Å². The van der Waals surface area contributed by atoms with E-state index in [0.717, 1.165) is 48.0 Å². The number of thioether (sulfide) groups is 2. The van der Waals surface area contributed by atoms with Gasteiger partial charge in [0.15, 0.2) is 0 Å². The van der Waals surface area contributed by atoms with Crippen molar-refractivity contribution in [1.82, 2.24) is 15.3 Å². The number of aromatic amines is 1. The number of nitrogens with one attached hydrogen (secondary N) is 2. The van der Waals surface area contributed by atoms with Crippen LogP contribution >= 0.6 is 23.5 Å². The number of carbonyl (C=O) groups excluding carboxylic acids is 1. The first-order chi connectivity index (χ1) is 12.7. The lowest BCUT2D eigenvalue weighted by molar-refractivity contribution is -0.126. The van der Waals surface area contributed by atoms with Crippen LogP contribution in [0, 0.1) is 17.8 Å². The molecule has 2 heterocycles. The summed E-state index contributed by atoms with van der Waals surface area (Å²) >= 11 is 4.39.